The molecule has 33 heavy (non-hydrogen) atoms. The van der Waals surface area contributed by atoms with Gasteiger partial charge in [-0.05, 0) is 26.2 Å². The quantitative estimate of drug-likeness (QED) is 0.100. The van der Waals surface area contributed by atoms with Crippen molar-refractivity contribution in [1.82, 2.24) is 0 Å². The molecule has 0 aliphatic carbocycles. The van der Waals surface area contributed by atoms with E-state index in [1.165, 1.54) is 116 Å². The number of carboxylic acids is 1. The summed E-state index contributed by atoms with van der Waals surface area (Å²) in [5.74, 6) is -0.869. The van der Waals surface area contributed by atoms with Crippen molar-refractivity contribution < 1.29 is 14.4 Å². The van der Waals surface area contributed by atoms with Crippen LogP contribution in [0.3, 0.4) is 0 Å². The van der Waals surface area contributed by atoms with Gasteiger partial charge in [-0.3, -0.25) is 0 Å². The first kappa shape index (κ1) is 32.4. The van der Waals surface area contributed by atoms with Crippen LogP contribution in [-0.2, 0) is 4.79 Å². The van der Waals surface area contributed by atoms with Crippen LogP contribution < -0.4 is 5.11 Å². The lowest BCUT2D eigenvalue weighted by Gasteiger charge is -2.47. The van der Waals surface area contributed by atoms with Gasteiger partial charge in [-0.2, -0.15) is 0 Å². The number of nitrogens with zero attached hydrogens (tertiary/aromatic N) is 1. The van der Waals surface area contributed by atoms with E-state index in [-0.39, 0.29) is 0 Å². The molecule has 0 aliphatic heterocycles. The molecule has 0 rings (SSSR count). The summed E-state index contributed by atoms with van der Waals surface area (Å²) in [6.45, 7) is 7.39. The normalized spacial score (nSPS) is 13.8. The van der Waals surface area contributed by atoms with Gasteiger partial charge in [0, 0.05) is 6.42 Å². The van der Waals surface area contributed by atoms with Gasteiger partial charge in [0.1, 0.15) is 11.5 Å². The maximum atomic E-state index is 12.1. The van der Waals surface area contributed by atoms with E-state index in [1.807, 2.05) is 6.92 Å². The lowest BCUT2D eigenvalue weighted by atomic mass is 9.89. The van der Waals surface area contributed by atoms with Gasteiger partial charge in [0.05, 0.1) is 20.6 Å². The largest absolute Gasteiger partial charge is 0.544 e. The van der Waals surface area contributed by atoms with Crippen molar-refractivity contribution in [2.24, 2.45) is 0 Å². The number of unbranched alkanes of at least 4 members (excludes halogenated alkanes) is 19. The maximum Gasteiger partial charge on any atom is 0.136 e. The molecule has 0 N–H and O–H groups in total. The lowest BCUT2D eigenvalue weighted by molar-refractivity contribution is -0.933. The first-order chi connectivity index (χ1) is 15.8. The first-order valence-electron chi connectivity index (χ1n) is 14.9. The number of carboxylic acid groups (broad SMARTS) is 1. The molecule has 198 valence electrons. The van der Waals surface area contributed by atoms with Crippen LogP contribution in [0, 0.1) is 0 Å². The third-order valence-electron chi connectivity index (χ3n) is 8.11. The fourth-order valence-corrected chi connectivity index (χ4v) is 5.03. The van der Waals surface area contributed by atoms with Crippen molar-refractivity contribution >= 4 is 5.97 Å². The van der Waals surface area contributed by atoms with E-state index in [0.29, 0.717) is 4.48 Å². The Balaban J connectivity index is 4.00. The number of carbonyl (C=O) groups is 1. The summed E-state index contributed by atoms with van der Waals surface area (Å²) in [4.78, 5) is 12.1. The highest BCUT2D eigenvalue weighted by Gasteiger charge is 2.41. The summed E-state index contributed by atoms with van der Waals surface area (Å²) < 4.78 is 0.546. The minimum atomic E-state index is -0.869. The van der Waals surface area contributed by atoms with E-state index >= 15 is 0 Å². The smallest absolute Gasteiger partial charge is 0.136 e. The zero-order chi connectivity index (χ0) is 24.8. The Morgan fingerprint density at radius 2 is 0.879 bits per heavy atom. The van der Waals surface area contributed by atoms with E-state index in [0.717, 1.165) is 32.2 Å². The zero-order valence-corrected chi connectivity index (χ0v) is 23.5. The molecule has 0 aromatic rings. The number of likely N-dealkylation sites (N-methyl/N-ethyl adjacent to an activating group) is 1. The number of aliphatic carboxylic acids is 1. The first-order valence-corrected chi connectivity index (χ1v) is 14.9. The molecular weight excluding hydrogens is 406 g/mol. The predicted octanol–water partition coefficient (Wildman–Crippen LogP) is 8.19. The second-order valence-corrected chi connectivity index (χ2v) is 11.4. The highest BCUT2D eigenvalue weighted by molar-refractivity contribution is 5.74. The highest BCUT2D eigenvalue weighted by atomic mass is 16.4. The molecule has 0 saturated carbocycles. The van der Waals surface area contributed by atoms with Crippen molar-refractivity contribution in [2.75, 3.05) is 20.6 Å². The monoisotopic (exact) mass is 467 g/mol. The molecule has 0 bridgehead atoms. The Hall–Kier alpha value is -0.570. The van der Waals surface area contributed by atoms with Crippen LogP contribution in [0.4, 0.5) is 0 Å². The Morgan fingerprint density at radius 3 is 1.21 bits per heavy atom. The van der Waals surface area contributed by atoms with Gasteiger partial charge < -0.3 is 14.4 Å². The standard InChI is InChI=1S/C30H61NO2/c1-6-8-10-12-14-16-18-20-22-24-26-28-31(4,5)30(3,29(32)33)27-25-23-21-19-17-15-13-11-9-7-2/h6-28H2,1-5H3. The fraction of sp³-hybridized carbons (Fsp3) is 0.967. The molecule has 1 atom stereocenters. The molecule has 0 spiro atoms. The second-order valence-electron chi connectivity index (χ2n) is 11.4. The van der Waals surface area contributed by atoms with Crippen molar-refractivity contribution in [3.05, 3.63) is 0 Å². The minimum absolute atomic E-state index is 0.546. The number of hydrogen-bond donors (Lipinski definition) is 0. The van der Waals surface area contributed by atoms with E-state index in [9.17, 15) is 9.90 Å². The molecule has 3 heteroatoms. The van der Waals surface area contributed by atoms with Gasteiger partial charge in [0.25, 0.3) is 0 Å². The van der Waals surface area contributed by atoms with Crippen molar-refractivity contribution in [3.63, 3.8) is 0 Å². The Labute approximate surface area is 208 Å². The Bertz CT molecular complexity index is 449. The molecule has 0 aliphatic rings. The SMILES string of the molecule is CCCCCCCCCCCCC[N+](C)(C)C(C)(CCCCCCCCCCCC)C(=O)[O-]. The summed E-state index contributed by atoms with van der Waals surface area (Å²) in [5, 5.41) is 12.1. The molecule has 0 amide bonds. The van der Waals surface area contributed by atoms with E-state index in [4.69, 9.17) is 0 Å². The van der Waals surface area contributed by atoms with Crippen LogP contribution in [0.5, 0.6) is 0 Å². The van der Waals surface area contributed by atoms with Crippen LogP contribution >= 0.6 is 0 Å². The van der Waals surface area contributed by atoms with Crippen LogP contribution in [0.2, 0.25) is 0 Å². The average Bonchev–Trinajstić information content (AvgIpc) is 2.78. The van der Waals surface area contributed by atoms with Gasteiger partial charge >= 0.3 is 0 Å². The topological polar surface area (TPSA) is 40.1 Å². The highest BCUT2D eigenvalue weighted by Crippen LogP contribution is 2.28. The number of rotatable bonds is 25. The summed E-state index contributed by atoms with van der Waals surface area (Å²) in [7, 11) is 4.20. The third kappa shape index (κ3) is 15.9. The summed E-state index contributed by atoms with van der Waals surface area (Å²) in [6.07, 6.45) is 28.2. The molecule has 3 nitrogen and oxygen atoms in total. The molecule has 0 aromatic carbocycles. The van der Waals surface area contributed by atoms with Crippen molar-refractivity contribution in [3.8, 4) is 0 Å². The lowest BCUT2D eigenvalue weighted by Crippen LogP contribution is -2.66. The Morgan fingerprint density at radius 1 is 0.576 bits per heavy atom. The maximum absolute atomic E-state index is 12.1. The minimum Gasteiger partial charge on any atom is -0.544 e. The molecule has 0 heterocycles. The van der Waals surface area contributed by atoms with E-state index in [1.54, 1.807) is 0 Å². The molecular formula is C30H61NO2. The molecule has 1 unspecified atom stereocenters. The second kappa shape index (κ2) is 20.8. The van der Waals surface area contributed by atoms with Gasteiger partial charge in [-0.15, -0.1) is 0 Å². The van der Waals surface area contributed by atoms with Crippen molar-refractivity contribution in [1.29, 1.82) is 0 Å². The molecule has 0 aromatic heterocycles. The van der Waals surface area contributed by atoms with E-state index in [2.05, 4.69) is 27.9 Å². The summed E-state index contributed by atoms with van der Waals surface area (Å²) >= 11 is 0. The fourth-order valence-electron chi connectivity index (χ4n) is 5.03. The molecule has 0 fully saturated rings. The molecule has 0 saturated heterocycles. The van der Waals surface area contributed by atoms with Gasteiger partial charge in [0.15, 0.2) is 0 Å². The van der Waals surface area contributed by atoms with Gasteiger partial charge in [0.2, 0.25) is 0 Å². The average molecular weight is 468 g/mol. The molecule has 0 radical (unpaired) electrons. The summed E-state index contributed by atoms with van der Waals surface area (Å²) in [5.41, 5.74) is -0.779. The zero-order valence-electron chi connectivity index (χ0n) is 23.5. The van der Waals surface area contributed by atoms with Crippen LogP contribution in [0.25, 0.3) is 0 Å². The predicted molar refractivity (Wildman–Crippen MR) is 143 cm³/mol. The third-order valence-corrected chi connectivity index (χ3v) is 8.11. The summed E-state index contributed by atoms with van der Waals surface area (Å²) in [6, 6.07) is 0. The van der Waals surface area contributed by atoms with Crippen LogP contribution in [-0.4, -0.2) is 36.6 Å². The number of carbonyl (C=O) groups excluding carboxylic acids is 1. The van der Waals surface area contributed by atoms with Crippen LogP contribution in [0.1, 0.15) is 162 Å². The van der Waals surface area contributed by atoms with Crippen molar-refractivity contribution in [2.45, 2.75) is 168 Å². The van der Waals surface area contributed by atoms with Gasteiger partial charge in [-0.25, -0.2) is 0 Å². The van der Waals surface area contributed by atoms with Gasteiger partial charge in [-0.1, -0.05) is 129 Å². The number of quaternary nitrogens is 1. The Kier molecular flexibility index (Phi) is 20.4. The van der Waals surface area contributed by atoms with E-state index < -0.39 is 11.5 Å². The number of hydrogen-bond acceptors (Lipinski definition) is 2. The van der Waals surface area contributed by atoms with Crippen LogP contribution in [0.15, 0.2) is 0 Å².